The summed E-state index contributed by atoms with van der Waals surface area (Å²) in [5.74, 6) is -4.43. The van der Waals surface area contributed by atoms with E-state index in [1.807, 2.05) is 20.8 Å². The number of carbonyl (C=O) groups excluding carboxylic acids is 3. The van der Waals surface area contributed by atoms with Crippen LogP contribution in [-0.4, -0.2) is 75.1 Å². The molecule has 0 aromatic heterocycles. The summed E-state index contributed by atoms with van der Waals surface area (Å²) in [6.07, 6.45) is -6.73. The van der Waals surface area contributed by atoms with E-state index in [1.54, 1.807) is 0 Å². The molecular formula is C20H24O10. The highest BCUT2D eigenvalue weighted by Crippen LogP contribution is 2.84. The average Bonchev–Trinajstić information content (AvgIpc) is 3.32. The molecule has 0 bridgehead atoms. The highest BCUT2D eigenvalue weighted by molar-refractivity contribution is 5.93. The molecule has 2 aliphatic carbocycles. The molecule has 0 aromatic rings. The normalized spacial score (nSPS) is 60.1. The summed E-state index contributed by atoms with van der Waals surface area (Å²) in [7, 11) is 0. The molecule has 4 heterocycles. The van der Waals surface area contributed by atoms with Crippen LogP contribution in [-0.2, 0) is 33.3 Å². The van der Waals surface area contributed by atoms with E-state index < -0.39 is 87.9 Å². The molecule has 6 aliphatic rings. The molecule has 3 N–H and O–H groups in total. The van der Waals surface area contributed by atoms with Crippen LogP contribution in [0.4, 0.5) is 0 Å². The van der Waals surface area contributed by atoms with Gasteiger partial charge in [0.2, 0.25) is 11.9 Å². The number of carbonyl (C=O) groups is 3. The lowest BCUT2D eigenvalue weighted by Gasteiger charge is -2.46. The Morgan fingerprint density at radius 2 is 1.70 bits per heavy atom. The smallest absolute Gasteiger partial charge is 0.342 e. The molecule has 30 heavy (non-hydrogen) atoms. The highest BCUT2D eigenvalue weighted by Gasteiger charge is 3.02. The van der Waals surface area contributed by atoms with Crippen LogP contribution in [0.3, 0.4) is 0 Å². The lowest BCUT2D eigenvalue weighted by atomic mass is 9.51. The van der Waals surface area contributed by atoms with Crippen molar-refractivity contribution in [2.24, 2.45) is 28.1 Å². The van der Waals surface area contributed by atoms with Gasteiger partial charge in [-0.2, -0.15) is 0 Å². The van der Waals surface area contributed by atoms with Crippen LogP contribution in [0, 0.1) is 28.1 Å². The second-order valence-corrected chi connectivity index (χ2v) is 10.7. The zero-order chi connectivity index (χ0) is 21.8. The predicted octanol–water partition coefficient (Wildman–Crippen LogP) is -1.37. The third-order valence-electron chi connectivity index (χ3n) is 8.91. The summed E-state index contributed by atoms with van der Waals surface area (Å²) in [6, 6.07) is 0. The Labute approximate surface area is 171 Å². The van der Waals surface area contributed by atoms with Gasteiger partial charge in [-0.15, -0.1) is 0 Å². The van der Waals surface area contributed by atoms with Gasteiger partial charge >= 0.3 is 17.9 Å². The predicted molar refractivity (Wildman–Crippen MR) is 92.0 cm³/mol. The number of rotatable bonds is 0. The van der Waals surface area contributed by atoms with Gasteiger partial charge in [-0.05, 0) is 12.3 Å². The van der Waals surface area contributed by atoms with Crippen LogP contribution in [0.2, 0.25) is 0 Å². The molecule has 10 nitrogen and oxygen atoms in total. The van der Waals surface area contributed by atoms with E-state index in [0.29, 0.717) is 0 Å². The number of aliphatic hydroxyl groups is 3. The summed E-state index contributed by atoms with van der Waals surface area (Å²) in [5, 5.41) is 34.4. The minimum atomic E-state index is -2.12. The van der Waals surface area contributed by atoms with Crippen LogP contribution < -0.4 is 0 Å². The number of aliphatic hydroxyl groups excluding tert-OH is 2. The molecule has 164 valence electrons. The number of hydrogen-bond donors (Lipinski definition) is 3. The fourth-order valence-electron chi connectivity index (χ4n) is 8.22. The lowest BCUT2D eigenvalue weighted by Crippen LogP contribution is -2.66. The molecule has 2 saturated carbocycles. The molecule has 4 aliphatic heterocycles. The Morgan fingerprint density at radius 3 is 2.33 bits per heavy atom. The first kappa shape index (κ1) is 19.0. The number of esters is 3. The van der Waals surface area contributed by atoms with E-state index in [9.17, 15) is 29.7 Å². The third kappa shape index (κ3) is 1.35. The van der Waals surface area contributed by atoms with Crippen molar-refractivity contribution in [3.8, 4) is 0 Å². The molecule has 2 unspecified atom stereocenters. The van der Waals surface area contributed by atoms with Crippen LogP contribution in [0.1, 0.15) is 34.1 Å². The maximum absolute atomic E-state index is 13.4. The Balaban J connectivity index is 1.71. The van der Waals surface area contributed by atoms with Gasteiger partial charge in [0, 0.05) is 12.3 Å². The zero-order valence-electron chi connectivity index (χ0n) is 16.9. The molecular weight excluding hydrogens is 400 g/mol. The fourth-order valence-corrected chi connectivity index (χ4v) is 8.22. The third-order valence-corrected chi connectivity index (χ3v) is 8.91. The van der Waals surface area contributed by atoms with E-state index in [2.05, 4.69) is 0 Å². The SMILES string of the molecule is C[C@@H]1C(=O)O[C@H]2C[C@]34[C@@H]5OC(=O)C3(O[C@@H]3OC(=O)[C@H](O)C34[C@H](C(C)(C)C)[C@H]5O)[C@]21O. The Hall–Kier alpha value is -1.75. The van der Waals surface area contributed by atoms with Gasteiger partial charge in [-0.3, -0.25) is 4.79 Å². The average molecular weight is 424 g/mol. The number of ether oxygens (including phenoxy) is 4. The van der Waals surface area contributed by atoms with Crippen molar-refractivity contribution in [2.75, 3.05) is 0 Å². The van der Waals surface area contributed by atoms with Gasteiger partial charge in [0.1, 0.15) is 12.2 Å². The quantitative estimate of drug-likeness (QED) is 0.314. The summed E-state index contributed by atoms with van der Waals surface area (Å²) >= 11 is 0. The van der Waals surface area contributed by atoms with Crippen molar-refractivity contribution in [2.45, 2.75) is 76.0 Å². The van der Waals surface area contributed by atoms with E-state index in [1.165, 1.54) is 6.92 Å². The van der Waals surface area contributed by atoms with Gasteiger partial charge in [0.05, 0.1) is 22.9 Å². The van der Waals surface area contributed by atoms with Crippen molar-refractivity contribution in [3.63, 3.8) is 0 Å². The monoisotopic (exact) mass is 424 g/mol. The molecule has 4 saturated heterocycles. The molecule has 2 spiro atoms. The lowest BCUT2D eigenvalue weighted by molar-refractivity contribution is -0.239. The van der Waals surface area contributed by atoms with Gasteiger partial charge in [-0.25, -0.2) is 9.59 Å². The zero-order valence-corrected chi connectivity index (χ0v) is 16.9. The van der Waals surface area contributed by atoms with Gasteiger partial charge < -0.3 is 34.3 Å². The topological polar surface area (TPSA) is 149 Å². The van der Waals surface area contributed by atoms with Crippen molar-refractivity contribution in [1.82, 2.24) is 0 Å². The number of fused-ring (bicyclic) bond motifs is 1. The molecule has 0 amide bonds. The summed E-state index contributed by atoms with van der Waals surface area (Å²) < 4.78 is 22.6. The van der Waals surface area contributed by atoms with E-state index in [4.69, 9.17) is 18.9 Å². The first-order valence-electron chi connectivity index (χ1n) is 10.2. The second-order valence-electron chi connectivity index (χ2n) is 10.7. The van der Waals surface area contributed by atoms with Crippen LogP contribution in [0.25, 0.3) is 0 Å². The Bertz CT molecular complexity index is 925. The Kier molecular flexibility index (Phi) is 2.97. The maximum Gasteiger partial charge on any atom is 0.342 e. The van der Waals surface area contributed by atoms with Crippen molar-refractivity contribution in [3.05, 3.63) is 0 Å². The van der Waals surface area contributed by atoms with Crippen LogP contribution in [0.15, 0.2) is 0 Å². The van der Waals surface area contributed by atoms with Crippen molar-refractivity contribution < 1.29 is 48.7 Å². The summed E-state index contributed by atoms with van der Waals surface area (Å²) in [4.78, 5) is 38.2. The molecule has 6 fully saturated rings. The van der Waals surface area contributed by atoms with E-state index >= 15 is 0 Å². The summed E-state index contributed by atoms with van der Waals surface area (Å²) in [6.45, 7) is 6.97. The van der Waals surface area contributed by atoms with Gasteiger partial charge in [-0.1, -0.05) is 20.8 Å². The largest absolute Gasteiger partial charge is 0.459 e. The van der Waals surface area contributed by atoms with Gasteiger partial charge in [0.15, 0.2) is 11.7 Å². The molecule has 0 radical (unpaired) electrons. The Morgan fingerprint density at radius 1 is 1.03 bits per heavy atom. The van der Waals surface area contributed by atoms with Crippen LogP contribution >= 0.6 is 0 Å². The highest BCUT2D eigenvalue weighted by atomic mass is 16.8. The maximum atomic E-state index is 13.4. The fraction of sp³-hybridized carbons (Fsp3) is 0.850. The van der Waals surface area contributed by atoms with Crippen LogP contribution in [0.5, 0.6) is 0 Å². The minimum absolute atomic E-state index is 0.107. The van der Waals surface area contributed by atoms with Crippen molar-refractivity contribution >= 4 is 17.9 Å². The van der Waals surface area contributed by atoms with E-state index in [-0.39, 0.29) is 6.42 Å². The first-order chi connectivity index (χ1) is 13.8. The minimum Gasteiger partial charge on any atom is -0.459 e. The molecule has 11 atom stereocenters. The van der Waals surface area contributed by atoms with E-state index in [0.717, 1.165) is 0 Å². The molecule has 6 rings (SSSR count). The summed E-state index contributed by atoms with van der Waals surface area (Å²) in [5.41, 5.74) is -7.95. The first-order valence-corrected chi connectivity index (χ1v) is 10.2. The van der Waals surface area contributed by atoms with Gasteiger partial charge in [0.25, 0.3) is 0 Å². The standard InChI is InChI=1S/C20H24O10/c1-6-12(23)27-7-5-17-11-8(21)9(16(2,3)4)18(17)10(22)13(24)29-15(18)30-20(17,14(25)28-11)19(6,7)26/h6-11,15,21-22,26H,5H2,1-4H3/t6-,7+,8-,9+,10+,11-,15+,17-,18?,19-,20?/m1/s1. The molecule has 0 aromatic carbocycles. The second kappa shape index (κ2) is 4.69. The number of hydrogen-bond acceptors (Lipinski definition) is 10. The molecule has 10 heteroatoms. The van der Waals surface area contributed by atoms with Crippen molar-refractivity contribution in [1.29, 1.82) is 0 Å².